The molecule has 3 aromatic rings. The first-order chi connectivity index (χ1) is 14.7. The van der Waals surface area contributed by atoms with Crippen LogP contribution in [0.3, 0.4) is 0 Å². The first kappa shape index (κ1) is 21.4. The molecule has 0 aliphatic carbocycles. The fourth-order valence-electron chi connectivity index (χ4n) is 3.86. The summed E-state index contributed by atoms with van der Waals surface area (Å²) in [5.41, 5.74) is 5.04. The van der Waals surface area contributed by atoms with Crippen LogP contribution in [0.5, 0.6) is 0 Å². The number of hydrogen-bond acceptors (Lipinski definition) is 3. The minimum Gasteiger partial charge on any atom is -0.426 e. The lowest BCUT2D eigenvalue weighted by molar-refractivity contribution is 0.0184. The maximum atomic E-state index is 6.48. The summed E-state index contributed by atoms with van der Waals surface area (Å²) >= 11 is 0. The molecule has 0 aromatic heterocycles. The zero-order valence-electron chi connectivity index (χ0n) is 19.2. The van der Waals surface area contributed by atoms with Crippen LogP contribution in [0.4, 0.5) is 11.4 Å². The predicted octanol–water partition coefficient (Wildman–Crippen LogP) is 6.22. The minimum atomic E-state index is -0.324. The van der Waals surface area contributed by atoms with E-state index in [1.807, 2.05) is 24.3 Å². The van der Waals surface area contributed by atoms with E-state index in [1.54, 1.807) is 0 Å². The second-order valence-electron chi connectivity index (χ2n) is 9.45. The summed E-state index contributed by atoms with van der Waals surface area (Å²) in [6.45, 7) is 15.4. The summed E-state index contributed by atoms with van der Waals surface area (Å²) < 4.78 is 6.48. The predicted molar refractivity (Wildman–Crippen MR) is 135 cm³/mol. The highest BCUT2D eigenvalue weighted by atomic mass is 16.5. The van der Waals surface area contributed by atoms with Gasteiger partial charge in [-0.25, -0.2) is 4.99 Å². The molecule has 0 saturated heterocycles. The van der Waals surface area contributed by atoms with Crippen molar-refractivity contribution in [2.75, 3.05) is 11.9 Å². The van der Waals surface area contributed by atoms with E-state index >= 15 is 0 Å². The third-order valence-corrected chi connectivity index (χ3v) is 6.81. The summed E-state index contributed by atoms with van der Waals surface area (Å²) in [4.78, 5) is 4.87. The third-order valence-electron chi connectivity index (χ3n) is 6.81. The van der Waals surface area contributed by atoms with Crippen LogP contribution in [0.15, 0.2) is 78.3 Å². The maximum absolute atomic E-state index is 6.48. The van der Waals surface area contributed by atoms with Gasteiger partial charge in [-0.1, -0.05) is 69.2 Å². The Bertz CT molecular complexity index is 1160. The monoisotopic (exact) mass is 410 g/mol. The van der Waals surface area contributed by atoms with E-state index in [1.165, 1.54) is 16.2 Å². The van der Waals surface area contributed by atoms with Crippen molar-refractivity contribution in [2.24, 2.45) is 10.4 Å². The first-order valence-corrected chi connectivity index (χ1v) is 11.0. The molecule has 0 spiro atoms. The molecule has 0 amide bonds. The van der Waals surface area contributed by atoms with E-state index in [9.17, 15) is 0 Å². The number of aliphatic imine (C=N–C) groups is 1. The zero-order valence-corrected chi connectivity index (χ0v) is 19.2. The highest BCUT2D eigenvalue weighted by Crippen LogP contribution is 2.35. The van der Waals surface area contributed by atoms with Crippen molar-refractivity contribution in [3.63, 3.8) is 0 Å². The number of para-hydroxylation sites is 2. The van der Waals surface area contributed by atoms with Crippen LogP contribution in [0.1, 0.15) is 33.3 Å². The molecule has 1 aliphatic rings. The van der Waals surface area contributed by atoms with Crippen LogP contribution >= 0.6 is 0 Å². The lowest BCUT2D eigenvalue weighted by Crippen LogP contribution is -2.47. The summed E-state index contributed by atoms with van der Waals surface area (Å²) in [6, 6.07) is 21.3. The topological polar surface area (TPSA) is 33.6 Å². The highest BCUT2D eigenvalue weighted by Gasteiger charge is 2.37. The Balaban J connectivity index is 1.59. The second kappa shape index (κ2) is 8.01. The average Bonchev–Trinajstić information content (AvgIpc) is 2.77. The van der Waals surface area contributed by atoms with Crippen molar-refractivity contribution in [3.05, 3.63) is 78.9 Å². The van der Waals surface area contributed by atoms with Crippen molar-refractivity contribution in [2.45, 2.75) is 40.1 Å². The average molecular weight is 410 g/mol. The van der Waals surface area contributed by atoms with Crippen molar-refractivity contribution in [1.82, 2.24) is 0 Å². The van der Waals surface area contributed by atoms with Crippen LogP contribution in [0.2, 0.25) is 6.82 Å². The number of nitrogens with zero attached hydrogens (tertiary/aromatic N) is 1. The molecule has 0 atom stereocenters. The summed E-state index contributed by atoms with van der Waals surface area (Å²) in [5, 5.41) is 5.89. The quantitative estimate of drug-likeness (QED) is 0.387. The summed E-state index contributed by atoms with van der Waals surface area (Å²) in [6.07, 6.45) is 1.98. The van der Waals surface area contributed by atoms with Gasteiger partial charge in [-0.2, -0.15) is 0 Å². The molecule has 158 valence electrons. The Morgan fingerprint density at radius 3 is 2.48 bits per heavy atom. The molecular weight excluding hydrogens is 379 g/mol. The maximum Gasteiger partial charge on any atom is 0.324 e. The van der Waals surface area contributed by atoms with Crippen LogP contribution in [-0.4, -0.2) is 24.8 Å². The SMILES string of the molecule is C=CC(C)(C)C(C)(C)OB(C)c1ccc2cc(C3=Nc4ccccc4NC3)ccc2c1. The largest absolute Gasteiger partial charge is 0.426 e. The van der Waals surface area contributed by atoms with E-state index in [0.29, 0.717) is 0 Å². The van der Waals surface area contributed by atoms with Crippen molar-refractivity contribution in [3.8, 4) is 0 Å². The molecule has 3 nitrogen and oxygen atoms in total. The molecular formula is C27H31BN2O. The Kier molecular flexibility index (Phi) is 5.53. The minimum absolute atomic E-state index is 0.0123. The molecule has 1 heterocycles. The number of fused-ring (bicyclic) bond motifs is 2. The summed E-state index contributed by atoms with van der Waals surface area (Å²) in [5.74, 6) is 0. The van der Waals surface area contributed by atoms with Gasteiger partial charge in [0, 0.05) is 5.41 Å². The normalized spacial score (nSPS) is 13.9. The molecule has 31 heavy (non-hydrogen) atoms. The van der Waals surface area contributed by atoms with Crippen molar-refractivity contribution >= 4 is 40.2 Å². The van der Waals surface area contributed by atoms with Gasteiger partial charge in [-0.15, -0.1) is 6.58 Å². The van der Waals surface area contributed by atoms with Crippen LogP contribution in [0, 0.1) is 5.41 Å². The summed E-state index contributed by atoms with van der Waals surface area (Å²) in [7, 11) is 0. The first-order valence-electron chi connectivity index (χ1n) is 11.0. The van der Waals surface area contributed by atoms with Gasteiger partial charge in [0.1, 0.15) is 0 Å². The number of hydrogen-bond donors (Lipinski definition) is 1. The third kappa shape index (κ3) is 4.17. The Labute approximate surface area is 186 Å². The molecule has 0 fully saturated rings. The van der Waals surface area contributed by atoms with Gasteiger partial charge in [0.25, 0.3) is 0 Å². The Hall–Kier alpha value is -2.85. The van der Waals surface area contributed by atoms with Gasteiger partial charge in [-0.05, 0) is 53.8 Å². The zero-order chi connectivity index (χ0) is 22.2. The highest BCUT2D eigenvalue weighted by molar-refractivity contribution is 6.66. The molecule has 4 heteroatoms. The van der Waals surface area contributed by atoms with E-state index < -0.39 is 0 Å². The standard InChI is InChI=1S/C27H31BN2O/c1-7-26(2,3)27(4,5)31-28(6)22-15-14-19-16-21(13-12-20(19)17-22)25-18-29-23-10-8-9-11-24(23)30-25/h7-17,29H,1,18H2,2-6H3. The fourth-order valence-corrected chi connectivity index (χ4v) is 3.86. The van der Waals surface area contributed by atoms with E-state index in [2.05, 4.69) is 88.9 Å². The lowest BCUT2D eigenvalue weighted by Gasteiger charge is -2.41. The number of nitrogens with one attached hydrogen (secondary N) is 1. The molecule has 0 bridgehead atoms. The Morgan fingerprint density at radius 1 is 1.00 bits per heavy atom. The fraction of sp³-hybridized carbons (Fsp3) is 0.296. The van der Waals surface area contributed by atoms with Gasteiger partial charge >= 0.3 is 6.92 Å². The molecule has 0 saturated carbocycles. The van der Waals surface area contributed by atoms with E-state index in [0.717, 1.165) is 29.2 Å². The molecule has 0 unspecified atom stereocenters. The van der Waals surface area contributed by atoms with Crippen LogP contribution in [-0.2, 0) is 4.65 Å². The molecule has 3 aromatic carbocycles. The van der Waals surface area contributed by atoms with Crippen molar-refractivity contribution in [1.29, 1.82) is 0 Å². The molecule has 0 radical (unpaired) electrons. The number of rotatable bonds is 6. The molecule has 1 aliphatic heterocycles. The van der Waals surface area contributed by atoms with Gasteiger partial charge in [0.2, 0.25) is 0 Å². The second-order valence-corrected chi connectivity index (χ2v) is 9.45. The molecule has 4 rings (SSSR count). The molecule has 1 N–H and O–H groups in total. The van der Waals surface area contributed by atoms with Gasteiger partial charge in [0.05, 0.1) is 29.2 Å². The van der Waals surface area contributed by atoms with E-state index in [-0.39, 0.29) is 17.9 Å². The van der Waals surface area contributed by atoms with Crippen molar-refractivity contribution < 1.29 is 4.65 Å². The van der Waals surface area contributed by atoms with Crippen LogP contribution < -0.4 is 10.8 Å². The Morgan fingerprint density at radius 2 is 1.71 bits per heavy atom. The number of benzene rings is 3. The van der Waals surface area contributed by atoms with Crippen LogP contribution in [0.25, 0.3) is 10.8 Å². The smallest absolute Gasteiger partial charge is 0.324 e. The van der Waals surface area contributed by atoms with Gasteiger partial charge < -0.3 is 9.97 Å². The number of anilines is 1. The lowest BCUT2D eigenvalue weighted by atomic mass is 9.61. The van der Waals surface area contributed by atoms with E-state index in [4.69, 9.17) is 9.65 Å². The van der Waals surface area contributed by atoms with Gasteiger partial charge in [0.15, 0.2) is 0 Å². The van der Waals surface area contributed by atoms with Gasteiger partial charge in [-0.3, -0.25) is 0 Å².